The summed E-state index contributed by atoms with van der Waals surface area (Å²) < 4.78 is 19.0. The van der Waals surface area contributed by atoms with Crippen LogP contribution in [0.2, 0.25) is 0 Å². The van der Waals surface area contributed by atoms with Crippen LogP contribution in [-0.2, 0) is 6.54 Å². The van der Waals surface area contributed by atoms with Gasteiger partial charge in [-0.15, -0.1) is 0 Å². The first kappa shape index (κ1) is 11.7. The summed E-state index contributed by atoms with van der Waals surface area (Å²) in [5.74, 6) is 0.586. The lowest BCUT2D eigenvalue weighted by atomic mass is 10.2. The first-order valence-electron chi connectivity index (χ1n) is 6.02. The number of fused-ring (bicyclic) bond motifs is 1. The number of aromatic nitrogens is 1. The van der Waals surface area contributed by atoms with Crippen LogP contribution in [0, 0.1) is 5.82 Å². The molecule has 0 saturated heterocycles. The molecule has 0 bridgehead atoms. The van der Waals surface area contributed by atoms with Gasteiger partial charge < -0.3 is 9.32 Å². The van der Waals surface area contributed by atoms with Gasteiger partial charge in [0.25, 0.3) is 0 Å². The number of anilines is 1. The summed E-state index contributed by atoms with van der Waals surface area (Å²) in [4.78, 5) is 6.26. The third-order valence-corrected chi connectivity index (χ3v) is 3.09. The summed E-state index contributed by atoms with van der Waals surface area (Å²) in [5, 5.41) is 0.932. The zero-order valence-corrected chi connectivity index (χ0v) is 10.5. The molecule has 4 heteroatoms. The monoisotopic (exact) mass is 256 g/mol. The van der Waals surface area contributed by atoms with Crippen LogP contribution in [0.25, 0.3) is 11.0 Å². The van der Waals surface area contributed by atoms with Crippen molar-refractivity contribution in [2.45, 2.75) is 6.54 Å². The number of hydrogen-bond acceptors (Lipinski definition) is 3. The second kappa shape index (κ2) is 4.72. The number of benzene rings is 1. The molecule has 2 heterocycles. The predicted molar refractivity (Wildman–Crippen MR) is 72.5 cm³/mol. The van der Waals surface area contributed by atoms with E-state index in [1.807, 2.05) is 30.1 Å². The van der Waals surface area contributed by atoms with Gasteiger partial charge in [-0.3, -0.25) is 0 Å². The molecule has 0 amide bonds. The van der Waals surface area contributed by atoms with E-state index < -0.39 is 0 Å². The molecule has 0 spiro atoms. The second-order valence-corrected chi connectivity index (χ2v) is 4.41. The maximum Gasteiger partial charge on any atom is 0.139 e. The molecule has 0 aliphatic carbocycles. The van der Waals surface area contributed by atoms with E-state index in [0.717, 1.165) is 16.8 Å². The zero-order valence-electron chi connectivity index (χ0n) is 10.5. The Kier molecular flexibility index (Phi) is 2.91. The fourth-order valence-electron chi connectivity index (χ4n) is 2.14. The number of rotatable bonds is 3. The molecule has 0 fully saturated rings. The highest BCUT2D eigenvalue weighted by molar-refractivity contribution is 5.88. The van der Waals surface area contributed by atoms with Gasteiger partial charge in [0.1, 0.15) is 17.2 Å². The van der Waals surface area contributed by atoms with Crippen molar-refractivity contribution in [2.24, 2.45) is 0 Å². The minimum Gasteiger partial charge on any atom is -0.464 e. The Morgan fingerprint density at radius 3 is 2.89 bits per heavy atom. The summed E-state index contributed by atoms with van der Waals surface area (Å²) in [6, 6.07) is 10.5. The van der Waals surface area contributed by atoms with Crippen LogP contribution in [0.1, 0.15) is 5.56 Å². The van der Waals surface area contributed by atoms with E-state index in [-0.39, 0.29) is 5.82 Å². The molecule has 96 valence electrons. The van der Waals surface area contributed by atoms with Crippen LogP contribution in [0.3, 0.4) is 0 Å². The van der Waals surface area contributed by atoms with Crippen molar-refractivity contribution in [3.05, 3.63) is 60.2 Å². The van der Waals surface area contributed by atoms with E-state index in [0.29, 0.717) is 12.1 Å². The molecular formula is C15H13FN2O. The molecule has 0 aliphatic rings. The SMILES string of the molecule is CN(Cc1ccccc1F)c1nccc2occc12. The average Bonchev–Trinajstić information content (AvgIpc) is 2.89. The molecule has 3 nitrogen and oxygen atoms in total. The first-order valence-corrected chi connectivity index (χ1v) is 6.02. The molecule has 19 heavy (non-hydrogen) atoms. The molecule has 3 aromatic rings. The van der Waals surface area contributed by atoms with E-state index in [1.165, 1.54) is 6.07 Å². The van der Waals surface area contributed by atoms with Gasteiger partial charge >= 0.3 is 0 Å². The maximum atomic E-state index is 13.7. The number of hydrogen-bond donors (Lipinski definition) is 0. The van der Waals surface area contributed by atoms with Crippen LogP contribution in [0.15, 0.2) is 53.3 Å². The Hall–Kier alpha value is -2.36. The van der Waals surface area contributed by atoms with Gasteiger partial charge in [0.15, 0.2) is 0 Å². The lowest BCUT2D eigenvalue weighted by Gasteiger charge is -2.19. The summed E-state index contributed by atoms with van der Waals surface area (Å²) in [7, 11) is 1.89. The lowest BCUT2D eigenvalue weighted by Crippen LogP contribution is -2.18. The molecule has 0 N–H and O–H groups in total. The van der Waals surface area contributed by atoms with Crippen molar-refractivity contribution in [1.29, 1.82) is 0 Å². The highest BCUT2D eigenvalue weighted by Crippen LogP contribution is 2.25. The Bertz CT molecular complexity index is 708. The van der Waals surface area contributed by atoms with E-state index in [4.69, 9.17) is 4.42 Å². The number of pyridine rings is 1. The van der Waals surface area contributed by atoms with Crippen molar-refractivity contribution >= 4 is 16.8 Å². The molecule has 0 unspecified atom stereocenters. The second-order valence-electron chi connectivity index (χ2n) is 4.41. The zero-order chi connectivity index (χ0) is 13.2. The third kappa shape index (κ3) is 2.17. The molecule has 2 aromatic heterocycles. The van der Waals surface area contributed by atoms with Crippen molar-refractivity contribution in [3.8, 4) is 0 Å². The third-order valence-electron chi connectivity index (χ3n) is 3.09. The molecule has 0 aliphatic heterocycles. The molecular weight excluding hydrogens is 243 g/mol. The van der Waals surface area contributed by atoms with Crippen LogP contribution in [-0.4, -0.2) is 12.0 Å². The van der Waals surface area contributed by atoms with Crippen molar-refractivity contribution in [1.82, 2.24) is 4.98 Å². The number of furan rings is 1. The van der Waals surface area contributed by atoms with Crippen molar-refractivity contribution in [3.63, 3.8) is 0 Å². The van der Waals surface area contributed by atoms with Crippen LogP contribution >= 0.6 is 0 Å². The number of halogens is 1. The van der Waals surface area contributed by atoms with Gasteiger partial charge in [-0.25, -0.2) is 9.37 Å². The fraction of sp³-hybridized carbons (Fsp3) is 0.133. The minimum absolute atomic E-state index is 0.200. The van der Waals surface area contributed by atoms with Gasteiger partial charge in [0, 0.05) is 25.4 Å². The maximum absolute atomic E-state index is 13.7. The Balaban J connectivity index is 1.94. The molecule has 1 aromatic carbocycles. The van der Waals surface area contributed by atoms with Gasteiger partial charge in [-0.1, -0.05) is 18.2 Å². The highest BCUT2D eigenvalue weighted by atomic mass is 19.1. The summed E-state index contributed by atoms with van der Waals surface area (Å²) in [6.45, 7) is 0.462. The van der Waals surface area contributed by atoms with E-state index in [1.54, 1.807) is 24.6 Å². The average molecular weight is 256 g/mol. The van der Waals surface area contributed by atoms with Crippen molar-refractivity contribution in [2.75, 3.05) is 11.9 Å². The summed E-state index contributed by atoms with van der Waals surface area (Å²) >= 11 is 0. The highest BCUT2D eigenvalue weighted by Gasteiger charge is 2.11. The largest absolute Gasteiger partial charge is 0.464 e. The van der Waals surface area contributed by atoms with E-state index in [9.17, 15) is 4.39 Å². The molecule has 0 atom stereocenters. The lowest BCUT2D eigenvalue weighted by molar-refractivity contribution is 0.607. The minimum atomic E-state index is -0.200. The summed E-state index contributed by atoms with van der Waals surface area (Å²) in [5.41, 5.74) is 1.43. The Labute approximate surface area is 110 Å². The Morgan fingerprint density at radius 1 is 1.21 bits per heavy atom. The van der Waals surface area contributed by atoms with Gasteiger partial charge in [-0.2, -0.15) is 0 Å². The van der Waals surface area contributed by atoms with Gasteiger partial charge in [-0.05, 0) is 18.2 Å². The topological polar surface area (TPSA) is 29.3 Å². The first-order chi connectivity index (χ1) is 9.25. The summed E-state index contributed by atoms with van der Waals surface area (Å²) in [6.07, 6.45) is 3.33. The van der Waals surface area contributed by atoms with Crippen LogP contribution in [0.5, 0.6) is 0 Å². The smallest absolute Gasteiger partial charge is 0.139 e. The predicted octanol–water partition coefficient (Wildman–Crippen LogP) is 3.60. The van der Waals surface area contributed by atoms with Gasteiger partial charge in [0.2, 0.25) is 0 Å². The normalized spacial score (nSPS) is 10.8. The Morgan fingerprint density at radius 2 is 2.05 bits per heavy atom. The molecule has 0 saturated carbocycles. The van der Waals surface area contributed by atoms with Crippen LogP contribution < -0.4 is 4.90 Å². The van der Waals surface area contributed by atoms with Crippen LogP contribution in [0.4, 0.5) is 10.2 Å². The quantitative estimate of drug-likeness (QED) is 0.717. The van der Waals surface area contributed by atoms with E-state index in [2.05, 4.69) is 4.98 Å². The fourth-order valence-corrected chi connectivity index (χ4v) is 2.14. The standard InChI is InChI=1S/C15H13FN2O/c1-18(10-11-4-2-3-5-13(11)16)15-12-7-9-19-14(12)6-8-17-15/h2-9H,10H2,1H3. The van der Waals surface area contributed by atoms with Crippen molar-refractivity contribution < 1.29 is 8.81 Å². The van der Waals surface area contributed by atoms with E-state index >= 15 is 0 Å². The van der Waals surface area contributed by atoms with Gasteiger partial charge in [0.05, 0.1) is 11.6 Å². The molecule has 3 rings (SSSR count). The molecule has 0 radical (unpaired) electrons. The number of nitrogens with zero attached hydrogens (tertiary/aromatic N) is 2.